The normalized spacial score (nSPS) is 10.7. The van der Waals surface area contributed by atoms with Crippen molar-refractivity contribution < 1.29 is 4.74 Å². The Morgan fingerprint density at radius 2 is 1.79 bits per heavy atom. The van der Waals surface area contributed by atoms with Crippen LogP contribution < -0.4 is 9.75 Å². The van der Waals surface area contributed by atoms with Gasteiger partial charge in [-0.3, -0.25) is 5.01 Å². The molecule has 3 heteroatoms. The first-order valence-electron chi connectivity index (χ1n) is 6.18. The molecule has 2 aromatic carbocycles. The van der Waals surface area contributed by atoms with Crippen LogP contribution in [0.25, 0.3) is 0 Å². The minimum Gasteiger partial charge on any atom is -0.496 e. The molecule has 0 atom stereocenters. The molecule has 19 heavy (non-hydrogen) atoms. The van der Waals surface area contributed by atoms with Gasteiger partial charge >= 0.3 is 0 Å². The van der Waals surface area contributed by atoms with Crippen LogP contribution in [0.2, 0.25) is 0 Å². The molecule has 2 aromatic rings. The molecule has 0 heterocycles. The Morgan fingerprint density at radius 1 is 1.05 bits per heavy atom. The van der Waals surface area contributed by atoms with Crippen molar-refractivity contribution in [1.82, 2.24) is 0 Å². The van der Waals surface area contributed by atoms with Gasteiger partial charge in [-0.05, 0) is 24.6 Å². The standard InChI is InChI=1S/C16H18N2O/c1-13-15(10-7-11-16(13)19-3)18(2)17-12-14-8-5-4-6-9-14/h4-12H,1-3H3. The van der Waals surface area contributed by atoms with Crippen LogP contribution in [0.15, 0.2) is 53.6 Å². The molecule has 0 bridgehead atoms. The van der Waals surface area contributed by atoms with Crippen LogP contribution in [0.1, 0.15) is 11.1 Å². The molecular weight excluding hydrogens is 236 g/mol. The zero-order valence-electron chi connectivity index (χ0n) is 11.5. The molecule has 0 unspecified atom stereocenters. The smallest absolute Gasteiger partial charge is 0.123 e. The third-order valence-electron chi connectivity index (χ3n) is 3.00. The highest BCUT2D eigenvalue weighted by molar-refractivity contribution is 5.80. The molecule has 0 N–H and O–H groups in total. The predicted molar refractivity (Wildman–Crippen MR) is 80.2 cm³/mol. The first-order chi connectivity index (χ1) is 9.22. The lowest BCUT2D eigenvalue weighted by molar-refractivity contribution is 0.412. The molecule has 0 fully saturated rings. The number of rotatable bonds is 4. The molecule has 0 aliphatic heterocycles. The van der Waals surface area contributed by atoms with Crippen LogP contribution in [0, 0.1) is 6.92 Å². The van der Waals surface area contributed by atoms with Crippen LogP contribution >= 0.6 is 0 Å². The van der Waals surface area contributed by atoms with Gasteiger partial charge in [-0.25, -0.2) is 0 Å². The van der Waals surface area contributed by atoms with Crippen molar-refractivity contribution in [3.8, 4) is 5.75 Å². The second kappa shape index (κ2) is 6.05. The first-order valence-corrected chi connectivity index (χ1v) is 6.18. The summed E-state index contributed by atoms with van der Waals surface area (Å²) in [6, 6.07) is 16.0. The van der Waals surface area contributed by atoms with Crippen molar-refractivity contribution in [2.24, 2.45) is 5.10 Å². The number of benzene rings is 2. The summed E-state index contributed by atoms with van der Waals surface area (Å²) in [6.45, 7) is 2.03. The maximum absolute atomic E-state index is 5.32. The second-order valence-corrected chi connectivity index (χ2v) is 4.28. The van der Waals surface area contributed by atoms with Crippen molar-refractivity contribution in [2.75, 3.05) is 19.2 Å². The Balaban J connectivity index is 2.21. The molecule has 3 nitrogen and oxygen atoms in total. The van der Waals surface area contributed by atoms with Crippen molar-refractivity contribution in [1.29, 1.82) is 0 Å². The topological polar surface area (TPSA) is 24.8 Å². The van der Waals surface area contributed by atoms with Gasteiger partial charge in [0.15, 0.2) is 0 Å². The number of hydrogen-bond acceptors (Lipinski definition) is 3. The minimum absolute atomic E-state index is 0.874. The van der Waals surface area contributed by atoms with Crippen molar-refractivity contribution >= 4 is 11.9 Å². The first kappa shape index (κ1) is 13.1. The van der Waals surface area contributed by atoms with E-state index in [4.69, 9.17) is 4.74 Å². The quantitative estimate of drug-likeness (QED) is 0.616. The molecule has 0 radical (unpaired) electrons. The Kier molecular flexibility index (Phi) is 4.18. The van der Waals surface area contributed by atoms with Gasteiger partial charge < -0.3 is 4.74 Å². The van der Waals surface area contributed by atoms with Crippen LogP contribution in [0.3, 0.4) is 0 Å². The fourth-order valence-electron chi connectivity index (χ4n) is 1.93. The number of ether oxygens (including phenoxy) is 1. The number of hydrogen-bond donors (Lipinski definition) is 0. The van der Waals surface area contributed by atoms with Gasteiger partial charge in [0.05, 0.1) is 19.0 Å². The number of hydrazone groups is 1. The second-order valence-electron chi connectivity index (χ2n) is 4.28. The van der Waals surface area contributed by atoms with E-state index in [0.29, 0.717) is 0 Å². The van der Waals surface area contributed by atoms with E-state index >= 15 is 0 Å². The molecule has 0 spiro atoms. The third kappa shape index (κ3) is 3.13. The van der Waals surface area contributed by atoms with Crippen LogP contribution in [0.4, 0.5) is 5.69 Å². The van der Waals surface area contributed by atoms with Gasteiger partial charge in [0.2, 0.25) is 0 Å². The maximum Gasteiger partial charge on any atom is 0.123 e. The molecular formula is C16H18N2O. The highest BCUT2D eigenvalue weighted by Gasteiger charge is 2.06. The van der Waals surface area contributed by atoms with Crippen molar-refractivity contribution in [2.45, 2.75) is 6.92 Å². The predicted octanol–water partition coefficient (Wildman–Crippen LogP) is 3.47. The molecule has 0 saturated heterocycles. The zero-order chi connectivity index (χ0) is 13.7. The third-order valence-corrected chi connectivity index (χ3v) is 3.00. The van der Waals surface area contributed by atoms with E-state index in [2.05, 4.69) is 5.10 Å². The Hall–Kier alpha value is -2.29. The fraction of sp³-hybridized carbons (Fsp3) is 0.188. The van der Waals surface area contributed by atoms with E-state index < -0.39 is 0 Å². The number of anilines is 1. The molecule has 0 aromatic heterocycles. The van der Waals surface area contributed by atoms with E-state index in [1.807, 2.05) is 73.7 Å². The van der Waals surface area contributed by atoms with Gasteiger partial charge in [0, 0.05) is 12.6 Å². The summed E-state index contributed by atoms with van der Waals surface area (Å²) in [7, 11) is 3.61. The average Bonchev–Trinajstić information content (AvgIpc) is 2.46. The molecule has 98 valence electrons. The van der Waals surface area contributed by atoms with Crippen LogP contribution in [-0.4, -0.2) is 20.4 Å². The van der Waals surface area contributed by atoms with Gasteiger partial charge in [-0.1, -0.05) is 36.4 Å². The highest BCUT2D eigenvalue weighted by Crippen LogP contribution is 2.27. The Morgan fingerprint density at radius 3 is 2.47 bits per heavy atom. The molecule has 2 rings (SSSR count). The van der Waals surface area contributed by atoms with Gasteiger partial charge in [0.25, 0.3) is 0 Å². The average molecular weight is 254 g/mol. The summed E-state index contributed by atoms with van der Waals surface area (Å²) in [4.78, 5) is 0. The maximum atomic E-state index is 5.32. The largest absolute Gasteiger partial charge is 0.496 e. The van der Waals surface area contributed by atoms with Crippen LogP contribution in [-0.2, 0) is 0 Å². The van der Waals surface area contributed by atoms with Crippen molar-refractivity contribution in [3.05, 3.63) is 59.7 Å². The van der Waals surface area contributed by atoms with Gasteiger partial charge in [-0.15, -0.1) is 0 Å². The number of nitrogens with zero attached hydrogens (tertiary/aromatic N) is 2. The summed E-state index contributed by atoms with van der Waals surface area (Å²) in [5, 5.41) is 6.31. The fourth-order valence-corrected chi connectivity index (χ4v) is 1.93. The van der Waals surface area contributed by atoms with Crippen LogP contribution in [0.5, 0.6) is 5.75 Å². The number of methoxy groups -OCH3 is 1. The lowest BCUT2D eigenvalue weighted by Crippen LogP contribution is -2.10. The lowest BCUT2D eigenvalue weighted by atomic mass is 10.2. The monoisotopic (exact) mass is 254 g/mol. The Bertz CT molecular complexity index is 564. The van der Waals surface area contributed by atoms with E-state index in [1.54, 1.807) is 7.11 Å². The molecule has 0 saturated carbocycles. The van der Waals surface area contributed by atoms with E-state index in [1.165, 1.54) is 0 Å². The zero-order valence-corrected chi connectivity index (χ0v) is 11.5. The molecule has 0 aliphatic carbocycles. The minimum atomic E-state index is 0.874. The summed E-state index contributed by atoms with van der Waals surface area (Å²) < 4.78 is 5.32. The summed E-state index contributed by atoms with van der Waals surface area (Å²) in [5.74, 6) is 0.874. The summed E-state index contributed by atoms with van der Waals surface area (Å²) in [5.41, 5.74) is 3.19. The summed E-state index contributed by atoms with van der Waals surface area (Å²) in [6.07, 6.45) is 1.85. The lowest BCUT2D eigenvalue weighted by Gasteiger charge is -2.17. The summed E-state index contributed by atoms with van der Waals surface area (Å²) >= 11 is 0. The van der Waals surface area contributed by atoms with E-state index in [-0.39, 0.29) is 0 Å². The molecule has 0 amide bonds. The molecule has 0 aliphatic rings. The SMILES string of the molecule is COc1cccc(N(C)N=Cc2ccccc2)c1C. The van der Waals surface area contributed by atoms with Gasteiger partial charge in [-0.2, -0.15) is 5.10 Å². The Labute approximate surface area is 114 Å². The van der Waals surface area contributed by atoms with Gasteiger partial charge in [0.1, 0.15) is 5.75 Å². The van der Waals surface area contributed by atoms with E-state index in [9.17, 15) is 0 Å². The highest BCUT2D eigenvalue weighted by atomic mass is 16.5. The van der Waals surface area contributed by atoms with E-state index in [0.717, 1.165) is 22.6 Å². The van der Waals surface area contributed by atoms with Crippen molar-refractivity contribution in [3.63, 3.8) is 0 Å².